The summed E-state index contributed by atoms with van der Waals surface area (Å²) in [7, 11) is 0. The molecule has 0 spiro atoms. The van der Waals surface area contributed by atoms with E-state index in [1.807, 2.05) is 53.2 Å². The Balaban J connectivity index is 0.000000523. The Kier molecular flexibility index (Phi) is 11.3. The maximum Gasteiger partial charge on any atom is 0.328 e. The van der Waals surface area contributed by atoms with E-state index in [-0.39, 0.29) is 5.91 Å². The van der Waals surface area contributed by atoms with E-state index in [9.17, 15) is 14.4 Å². The Labute approximate surface area is 288 Å². The Hall–Kier alpha value is -5.68. The molecule has 0 atom stereocenters. The van der Waals surface area contributed by atoms with Crippen LogP contribution in [0.3, 0.4) is 0 Å². The van der Waals surface area contributed by atoms with E-state index in [4.69, 9.17) is 21.8 Å². The number of aliphatic carboxylic acids is 2. The molecule has 6 aromatic rings. The van der Waals surface area contributed by atoms with Crippen LogP contribution in [-0.4, -0.2) is 51.7 Å². The molecule has 6 rings (SSSR count). The van der Waals surface area contributed by atoms with Gasteiger partial charge in [-0.3, -0.25) is 4.79 Å². The van der Waals surface area contributed by atoms with Gasteiger partial charge in [-0.1, -0.05) is 61.8 Å². The van der Waals surface area contributed by atoms with Gasteiger partial charge < -0.3 is 29.2 Å². The maximum atomic E-state index is 13.4. The second-order valence-corrected chi connectivity index (χ2v) is 12.2. The fourth-order valence-electron chi connectivity index (χ4n) is 5.58. The Morgan fingerprint density at radius 1 is 0.857 bits per heavy atom. The summed E-state index contributed by atoms with van der Waals surface area (Å²) in [6.45, 7) is 7.16. The zero-order valence-electron chi connectivity index (χ0n) is 27.2. The number of carbonyl (C=O) groups excluding carboxylic acids is 1. The highest BCUT2D eigenvalue weighted by Crippen LogP contribution is 2.23. The maximum absolute atomic E-state index is 13.4. The minimum atomic E-state index is -1.26. The molecule has 0 bridgehead atoms. The van der Waals surface area contributed by atoms with Crippen LogP contribution in [0.25, 0.3) is 21.9 Å². The lowest BCUT2D eigenvalue weighted by atomic mass is 10.1. The number of imidazole rings is 2. The van der Waals surface area contributed by atoms with E-state index in [1.165, 1.54) is 5.52 Å². The third-order valence-electron chi connectivity index (χ3n) is 7.82. The number of benzene rings is 3. The standard InChI is InChI=1S/C33H33ClN6O.C4H4O4/c1-23(2)31-35-14-18-39(31)16-6-15-38-17-13-26-19-25(9-12-29(26)38)21-36-33(41)32-37-28-11-10-27(34)20-30(28)40(32)22-24-7-4-3-5-8-24;5-3(6)1-2-4(7)8/h3-5,7-14,17-20,23H,6,15-16,21-22H2,1-2H3,(H,36,41);1-2H,(H,5,6)(H,7,8). The normalized spacial score (nSPS) is 11.3. The van der Waals surface area contributed by atoms with Crippen LogP contribution in [0.15, 0.2) is 104 Å². The van der Waals surface area contributed by atoms with Crippen molar-refractivity contribution in [3.05, 3.63) is 131 Å². The molecular formula is C37H37ClN6O5. The van der Waals surface area contributed by atoms with Gasteiger partial charge in [0, 0.05) is 73.4 Å². The number of hydrogen-bond donors (Lipinski definition) is 3. The molecule has 0 fully saturated rings. The number of nitrogens with zero attached hydrogens (tertiary/aromatic N) is 5. The number of aromatic nitrogens is 5. The summed E-state index contributed by atoms with van der Waals surface area (Å²) in [5.74, 6) is -0.811. The first-order valence-corrected chi connectivity index (χ1v) is 16.2. The minimum Gasteiger partial charge on any atom is -0.478 e. The third-order valence-corrected chi connectivity index (χ3v) is 8.05. The van der Waals surface area contributed by atoms with Crippen LogP contribution in [0.1, 0.15) is 53.8 Å². The van der Waals surface area contributed by atoms with Crippen molar-refractivity contribution in [1.29, 1.82) is 0 Å². The van der Waals surface area contributed by atoms with Crippen LogP contribution in [0.5, 0.6) is 0 Å². The van der Waals surface area contributed by atoms with E-state index >= 15 is 0 Å². The number of carboxylic acids is 2. The van der Waals surface area contributed by atoms with Crippen molar-refractivity contribution in [2.75, 3.05) is 0 Å². The zero-order chi connectivity index (χ0) is 34.9. The number of carboxylic acid groups (broad SMARTS) is 2. The monoisotopic (exact) mass is 680 g/mol. The fourth-order valence-corrected chi connectivity index (χ4v) is 5.74. The number of rotatable bonds is 12. The van der Waals surface area contributed by atoms with Crippen molar-refractivity contribution < 1.29 is 24.6 Å². The molecule has 12 heteroatoms. The summed E-state index contributed by atoms with van der Waals surface area (Å²) in [6.07, 6.45) is 8.23. The van der Waals surface area contributed by atoms with Crippen LogP contribution in [-0.2, 0) is 35.8 Å². The fraction of sp³-hybridized carbons (Fsp3) is 0.216. The number of hydrogen-bond acceptors (Lipinski definition) is 5. The Morgan fingerprint density at radius 2 is 1.59 bits per heavy atom. The van der Waals surface area contributed by atoms with Gasteiger partial charge in [-0.05, 0) is 59.3 Å². The van der Waals surface area contributed by atoms with Crippen molar-refractivity contribution in [2.45, 2.75) is 52.4 Å². The molecule has 11 nitrogen and oxygen atoms in total. The van der Waals surface area contributed by atoms with Crippen molar-refractivity contribution in [1.82, 2.24) is 29.0 Å². The van der Waals surface area contributed by atoms with Gasteiger partial charge in [-0.25, -0.2) is 19.6 Å². The lowest BCUT2D eigenvalue weighted by molar-refractivity contribution is -0.134. The Morgan fingerprint density at radius 3 is 2.31 bits per heavy atom. The summed E-state index contributed by atoms with van der Waals surface area (Å²) >= 11 is 6.29. The first-order chi connectivity index (χ1) is 23.6. The number of carbonyl (C=O) groups is 3. The number of nitrogens with one attached hydrogen (secondary N) is 1. The van der Waals surface area contributed by atoms with Gasteiger partial charge in [-0.2, -0.15) is 0 Å². The quantitative estimate of drug-likeness (QED) is 0.121. The molecule has 3 aromatic carbocycles. The van der Waals surface area contributed by atoms with Gasteiger partial charge in [0.1, 0.15) is 5.82 Å². The minimum absolute atomic E-state index is 0.216. The van der Waals surface area contributed by atoms with Crippen molar-refractivity contribution in [3.8, 4) is 0 Å². The summed E-state index contributed by atoms with van der Waals surface area (Å²) < 4.78 is 6.48. The van der Waals surface area contributed by atoms with E-state index in [2.05, 4.69) is 74.9 Å². The molecule has 0 saturated heterocycles. The highest BCUT2D eigenvalue weighted by Gasteiger charge is 2.18. The van der Waals surface area contributed by atoms with Crippen molar-refractivity contribution in [2.24, 2.45) is 0 Å². The van der Waals surface area contributed by atoms with Gasteiger partial charge in [0.25, 0.3) is 5.91 Å². The van der Waals surface area contributed by atoms with Crippen LogP contribution in [0, 0.1) is 0 Å². The molecule has 0 unspecified atom stereocenters. The first kappa shape index (κ1) is 34.6. The topological polar surface area (TPSA) is 144 Å². The summed E-state index contributed by atoms with van der Waals surface area (Å²) in [4.78, 5) is 41.7. The number of amides is 1. The molecule has 3 N–H and O–H groups in total. The van der Waals surface area contributed by atoms with Crippen LogP contribution in [0.2, 0.25) is 5.02 Å². The highest BCUT2D eigenvalue weighted by atomic mass is 35.5. The largest absolute Gasteiger partial charge is 0.478 e. The molecule has 0 radical (unpaired) electrons. The van der Waals surface area contributed by atoms with Crippen LogP contribution in [0.4, 0.5) is 0 Å². The molecule has 3 aromatic heterocycles. The van der Waals surface area contributed by atoms with Crippen molar-refractivity contribution in [3.63, 3.8) is 0 Å². The molecule has 0 aliphatic heterocycles. The Bertz CT molecular complexity index is 2100. The number of aryl methyl sites for hydroxylation is 2. The second-order valence-electron chi connectivity index (χ2n) is 11.7. The molecule has 3 heterocycles. The summed E-state index contributed by atoms with van der Waals surface area (Å²) in [5, 5.41) is 20.5. The third kappa shape index (κ3) is 9.02. The highest BCUT2D eigenvalue weighted by molar-refractivity contribution is 6.31. The predicted octanol–water partition coefficient (Wildman–Crippen LogP) is 6.74. The SMILES string of the molecule is CC(C)c1nccn1CCCn1ccc2cc(CNC(=O)c3nc4ccc(Cl)cc4n3Cc3ccccc3)ccc21.O=C(O)C=CC(=O)O. The lowest BCUT2D eigenvalue weighted by Gasteiger charge is -2.12. The predicted molar refractivity (Wildman–Crippen MR) is 189 cm³/mol. The number of fused-ring (bicyclic) bond motifs is 2. The molecule has 0 saturated carbocycles. The van der Waals surface area contributed by atoms with Gasteiger partial charge in [0.15, 0.2) is 5.82 Å². The van der Waals surface area contributed by atoms with Gasteiger partial charge in [-0.15, -0.1) is 0 Å². The number of halogens is 1. The van der Waals surface area contributed by atoms with Crippen molar-refractivity contribution >= 4 is 51.4 Å². The van der Waals surface area contributed by atoms with E-state index in [0.717, 1.165) is 52.9 Å². The van der Waals surface area contributed by atoms with E-state index < -0.39 is 11.9 Å². The van der Waals surface area contributed by atoms with Crippen LogP contribution >= 0.6 is 11.6 Å². The van der Waals surface area contributed by atoms with E-state index in [0.29, 0.717) is 42.0 Å². The molecule has 252 valence electrons. The lowest BCUT2D eigenvalue weighted by Crippen LogP contribution is -2.26. The second kappa shape index (κ2) is 15.9. The average molecular weight is 681 g/mol. The van der Waals surface area contributed by atoms with Gasteiger partial charge in [0.2, 0.25) is 0 Å². The average Bonchev–Trinajstić information content (AvgIpc) is 3.81. The summed E-state index contributed by atoms with van der Waals surface area (Å²) in [5.41, 5.74) is 4.89. The first-order valence-electron chi connectivity index (χ1n) is 15.8. The molecule has 49 heavy (non-hydrogen) atoms. The van der Waals surface area contributed by atoms with Crippen LogP contribution < -0.4 is 5.32 Å². The summed E-state index contributed by atoms with van der Waals surface area (Å²) in [6, 6.07) is 24.1. The molecule has 1 amide bonds. The molecule has 0 aliphatic carbocycles. The smallest absolute Gasteiger partial charge is 0.328 e. The molecular weight excluding hydrogens is 644 g/mol. The zero-order valence-corrected chi connectivity index (χ0v) is 27.9. The van der Waals surface area contributed by atoms with E-state index in [1.54, 1.807) is 6.07 Å². The van der Waals surface area contributed by atoms with Gasteiger partial charge in [0.05, 0.1) is 11.0 Å². The van der Waals surface area contributed by atoms with Gasteiger partial charge >= 0.3 is 11.9 Å². The molecule has 0 aliphatic rings.